The van der Waals surface area contributed by atoms with E-state index in [1.165, 1.54) is 4.84 Å². The van der Waals surface area contributed by atoms with Gasteiger partial charge < -0.3 is 5.11 Å². The van der Waals surface area contributed by atoms with Crippen molar-refractivity contribution in [3.8, 4) is 0 Å². The van der Waals surface area contributed by atoms with Crippen LogP contribution in [0.15, 0.2) is 0 Å². The molecule has 9 heavy (non-hydrogen) atoms. The Labute approximate surface area is 54.7 Å². The lowest BCUT2D eigenvalue weighted by Crippen LogP contribution is -2.40. The van der Waals surface area contributed by atoms with Crippen LogP contribution >= 0.6 is 11.8 Å². The number of hydrogen-bond acceptors (Lipinski definition) is 2. The lowest BCUT2D eigenvalue weighted by Gasteiger charge is -2.14. The summed E-state index contributed by atoms with van der Waals surface area (Å²) >= 11 is 4.62. The van der Waals surface area contributed by atoms with E-state index in [0.29, 0.717) is 0 Å². The van der Waals surface area contributed by atoms with Crippen LogP contribution < -0.4 is 4.84 Å². The molecular formula is C3H5ClF3NO. The molecule has 0 unspecified atom stereocenters. The summed E-state index contributed by atoms with van der Waals surface area (Å²) in [6.07, 6.45) is -4.48. The number of rotatable bonds is 2. The van der Waals surface area contributed by atoms with E-state index in [2.05, 4.69) is 11.8 Å². The summed E-state index contributed by atoms with van der Waals surface area (Å²) in [6.45, 7) is -1.05. The van der Waals surface area contributed by atoms with Gasteiger partial charge in [-0.05, 0) is 11.8 Å². The van der Waals surface area contributed by atoms with E-state index in [4.69, 9.17) is 5.11 Å². The van der Waals surface area contributed by atoms with Crippen LogP contribution in [0.1, 0.15) is 0 Å². The van der Waals surface area contributed by atoms with E-state index in [1.54, 1.807) is 0 Å². The van der Waals surface area contributed by atoms with E-state index in [-0.39, 0.29) is 0 Å². The van der Waals surface area contributed by atoms with Gasteiger partial charge in [-0.15, -0.1) is 0 Å². The minimum atomic E-state index is -4.48. The van der Waals surface area contributed by atoms with Crippen molar-refractivity contribution < 1.29 is 18.3 Å². The zero-order chi connectivity index (χ0) is 7.49. The SMILES string of the molecule is OC[C@@H](NCl)C(F)(F)F. The Morgan fingerprint density at radius 1 is 1.56 bits per heavy atom. The minimum absolute atomic E-state index is 1.05. The Hall–Kier alpha value is -0.0000000000000000555. The monoisotopic (exact) mass is 163 g/mol. The van der Waals surface area contributed by atoms with Gasteiger partial charge in [-0.3, -0.25) is 0 Å². The van der Waals surface area contributed by atoms with E-state index in [9.17, 15) is 13.2 Å². The van der Waals surface area contributed by atoms with Crippen molar-refractivity contribution in [3.63, 3.8) is 0 Å². The molecule has 56 valence electrons. The maximum absolute atomic E-state index is 11.4. The second kappa shape index (κ2) is 3.24. The van der Waals surface area contributed by atoms with E-state index in [1.807, 2.05) is 0 Å². The van der Waals surface area contributed by atoms with Gasteiger partial charge in [0.05, 0.1) is 6.61 Å². The third-order valence-corrected chi connectivity index (χ3v) is 0.973. The van der Waals surface area contributed by atoms with Crippen molar-refractivity contribution in [2.75, 3.05) is 6.61 Å². The molecule has 0 aromatic carbocycles. The van der Waals surface area contributed by atoms with Crippen LogP contribution in [0.5, 0.6) is 0 Å². The molecule has 2 nitrogen and oxygen atoms in total. The molecular weight excluding hydrogens is 158 g/mol. The van der Waals surface area contributed by atoms with Crippen LogP contribution in [0, 0.1) is 0 Å². The number of aliphatic hydroxyl groups is 1. The van der Waals surface area contributed by atoms with Crippen molar-refractivity contribution >= 4 is 11.8 Å². The standard InChI is InChI=1S/C3H5ClF3NO/c4-8-2(1-9)3(5,6)7/h2,8-9H,1H2/t2-/m1/s1. The van der Waals surface area contributed by atoms with Gasteiger partial charge in [-0.1, -0.05) is 0 Å². The largest absolute Gasteiger partial charge is 0.407 e. The Kier molecular flexibility index (Phi) is 3.24. The summed E-state index contributed by atoms with van der Waals surface area (Å²) in [5.41, 5.74) is 0. The molecule has 6 heteroatoms. The van der Waals surface area contributed by atoms with Gasteiger partial charge in [0.25, 0.3) is 0 Å². The maximum Gasteiger partial charge on any atom is 0.407 e. The molecule has 0 aliphatic rings. The molecule has 0 saturated heterocycles. The average Bonchev–Trinajstić information content (AvgIpc) is 1.65. The van der Waals surface area contributed by atoms with Crippen LogP contribution in [0.25, 0.3) is 0 Å². The molecule has 0 amide bonds. The first-order valence-corrected chi connectivity index (χ1v) is 2.44. The molecule has 0 rings (SSSR count). The van der Waals surface area contributed by atoms with Crippen LogP contribution in [-0.4, -0.2) is 23.9 Å². The van der Waals surface area contributed by atoms with Gasteiger partial charge in [0.15, 0.2) is 0 Å². The molecule has 0 fully saturated rings. The smallest absolute Gasteiger partial charge is 0.394 e. The normalized spacial score (nSPS) is 15.7. The fourth-order valence-corrected chi connectivity index (χ4v) is 0.393. The Morgan fingerprint density at radius 2 is 2.00 bits per heavy atom. The number of hydrogen-bond donors (Lipinski definition) is 2. The lowest BCUT2D eigenvalue weighted by molar-refractivity contribution is -0.158. The molecule has 1 atom stereocenters. The second-order valence-electron chi connectivity index (χ2n) is 1.39. The first-order chi connectivity index (χ1) is 4.02. The third-order valence-electron chi connectivity index (χ3n) is 0.709. The topological polar surface area (TPSA) is 32.3 Å². The molecule has 0 radical (unpaired) electrons. The van der Waals surface area contributed by atoms with Gasteiger partial charge in [0, 0.05) is 0 Å². The van der Waals surface area contributed by atoms with Gasteiger partial charge in [0.2, 0.25) is 0 Å². The highest BCUT2D eigenvalue weighted by Crippen LogP contribution is 2.19. The van der Waals surface area contributed by atoms with Crippen molar-refractivity contribution in [3.05, 3.63) is 0 Å². The van der Waals surface area contributed by atoms with Crippen LogP contribution in [0.2, 0.25) is 0 Å². The predicted octanol–water partition coefficient (Wildman–Crippen LogP) is 0.653. The Bertz CT molecular complexity index is 81.6. The molecule has 0 saturated carbocycles. The molecule has 0 aromatic heterocycles. The zero-order valence-electron chi connectivity index (χ0n) is 4.24. The highest BCUT2D eigenvalue weighted by Gasteiger charge is 2.38. The minimum Gasteiger partial charge on any atom is -0.394 e. The van der Waals surface area contributed by atoms with E-state index in [0.717, 1.165) is 0 Å². The van der Waals surface area contributed by atoms with Crippen LogP contribution in [-0.2, 0) is 0 Å². The summed E-state index contributed by atoms with van der Waals surface area (Å²) in [5, 5.41) is 7.99. The quantitative estimate of drug-likeness (QED) is 0.586. The van der Waals surface area contributed by atoms with Crippen molar-refractivity contribution in [2.24, 2.45) is 0 Å². The molecule has 0 aromatic rings. The Balaban J connectivity index is 3.79. The number of halogens is 4. The molecule has 0 spiro atoms. The first-order valence-electron chi connectivity index (χ1n) is 2.06. The van der Waals surface area contributed by atoms with Gasteiger partial charge in [-0.2, -0.15) is 13.2 Å². The fraction of sp³-hybridized carbons (Fsp3) is 1.00. The number of alkyl halides is 3. The maximum atomic E-state index is 11.4. The summed E-state index contributed by atoms with van der Waals surface area (Å²) in [6, 6.07) is -2.03. The molecule has 2 N–H and O–H groups in total. The molecule has 0 aliphatic heterocycles. The average molecular weight is 164 g/mol. The van der Waals surface area contributed by atoms with Crippen LogP contribution in [0.3, 0.4) is 0 Å². The highest BCUT2D eigenvalue weighted by atomic mass is 35.5. The van der Waals surface area contributed by atoms with Gasteiger partial charge >= 0.3 is 6.18 Å². The summed E-state index contributed by atoms with van der Waals surface area (Å²) < 4.78 is 34.2. The summed E-state index contributed by atoms with van der Waals surface area (Å²) in [7, 11) is 0. The highest BCUT2D eigenvalue weighted by molar-refractivity contribution is 6.13. The predicted molar refractivity (Wildman–Crippen MR) is 25.9 cm³/mol. The summed E-state index contributed by atoms with van der Waals surface area (Å²) in [5.74, 6) is 0. The number of aliphatic hydroxyl groups excluding tert-OH is 1. The van der Waals surface area contributed by atoms with E-state index < -0.39 is 18.8 Å². The van der Waals surface area contributed by atoms with Gasteiger partial charge in [-0.25, -0.2) is 4.84 Å². The zero-order valence-corrected chi connectivity index (χ0v) is 5.00. The van der Waals surface area contributed by atoms with E-state index >= 15 is 0 Å². The van der Waals surface area contributed by atoms with Gasteiger partial charge in [0.1, 0.15) is 6.04 Å². The molecule has 0 bridgehead atoms. The number of nitrogens with one attached hydrogen (secondary N) is 1. The lowest BCUT2D eigenvalue weighted by atomic mass is 10.3. The molecule has 0 aliphatic carbocycles. The fourth-order valence-electron chi connectivity index (χ4n) is 0.200. The third kappa shape index (κ3) is 2.88. The second-order valence-corrected chi connectivity index (χ2v) is 1.60. The molecule has 0 heterocycles. The van der Waals surface area contributed by atoms with Crippen molar-refractivity contribution in [1.29, 1.82) is 0 Å². The van der Waals surface area contributed by atoms with Crippen molar-refractivity contribution in [2.45, 2.75) is 12.2 Å². The summed E-state index contributed by atoms with van der Waals surface area (Å²) in [4.78, 5) is 1.39. The van der Waals surface area contributed by atoms with Crippen molar-refractivity contribution in [1.82, 2.24) is 4.84 Å². The van der Waals surface area contributed by atoms with Crippen LogP contribution in [0.4, 0.5) is 13.2 Å². The first kappa shape index (κ1) is 9.00. The Morgan fingerprint density at radius 3 is 2.00 bits per heavy atom.